The van der Waals surface area contributed by atoms with E-state index in [1.807, 2.05) is 55.5 Å². The molecule has 1 unspecified atom stereocenters. The molecule has 32 heavy (non-hydrogen) atoms. The first-order valence-electron chi connectivity index (χ1n) is 11.4. The van der Waals surface area contributed by atoms with E-state index in [-0.39, 0.29) is 11.8 Å². The van der Waals surface area contributed by atoms with E-state index in [1.165, 1.54) is 0 Å². The fraction of sp³-hybridized carbons (Fsp3) is 0.462. The number of hydrogen-bond donors (Lipinski definition) is 1. The Morgan fingerprint density at radius 2 is 1.69 bits per heavy atom. The molecule has 2 amide bonds. The van der Waals surface area contributed by atoms with Crippen molar-refractivity contribution in [1.82, 2.24) is 10.2 Å². The Bertz CT molecular complexity index is 854. The summed E-state index contributed by atoms with van der Waals surface area (Å²) in [6, 6.07) is 15.0. The average Bonchev–Trinajstić information content (AvgIpc) is 2.83. The van der Waals surface area contributed by atoms with Gasteiger partial charge in [0.25, 0.3) is 0 Å². The number of aryl methyl sites for hydroxylation is 1. The molecule has 2 aromatic rings. The van der Waals surface area contributed by atoms with Crippen molar-refractivity contribution >= 4 is 11.8 Å². The molecule has 1 atom stereocenters. The number of benzene rings is 2. The standard InChI is InChI=1S/C26H36N2O4/c1-5-7-17-27-26(30)22(6-2)28(19-21-11-9-8-10-12-21)25(29)16-14-20-13-15-23(31-3)24(18-20)32-4/h8-13,15,18,22H,5-7,14,16-17,19H2,1-4H3,(H,27,30). The van der Waals surface area contributed by atoms with Gasteiger partial charge >= 0.3 is 0 Å². The number of methoxy groups -OCH3 is 2. The number of carbonyl (C=O) groups excluding carboxylic acids is 2. The molecule has 1 N–H and O–H groups in total. The van der Waals surface area contributed by atoms with Gasteiger partial charge < -0.3 is 19.7 Å². The van der Waals surface area contributed by atoms with Crippen LogP contribution in [0, 0.1) is 0 Å². The summed E-state index contributed by atoms with van der Waals surface area (Å²) in [5, 5.41) is 2.99. The monoisotopic (exact) mass is 440 g/mol. The van der Waals surface area contributed by atoms with Gasteiger partial charge in [-0.25, -0.2) is 0 Å². The van der Waals surface area contributed by atoms with Crippen LogP contribution >= 0.6 is 0 Å². The molecule has 0 bridgehead atoms. The number of hydrogen-bond acceptors (Lipinski definition) is 4. The predicted molar refractivity (Wildman–Crippen MR) is 127 cm³/mol. The Kier molecular flexibility index (Phi) is 10.6. The topological polar surface area (TPSA) is 67.9 Å². The van der Waals surface area contributed by atoms with Crippen LogP contribution in [0.15, 0.2) is 48.5 Å². The highest BCUT2D eigenvalue weighted by Crippen LogP contribution is 2.28. The van der Waals surface area contributed by atoms with E-state index in [0.717, 1.165) is 24.0 Å². The fourth-order valence-electron chi connectivity index (χ4n) is 3.64. The molecule has 6 heteroatoms. The van der Waals surface area contributed by atoms with Crippen LogP contribution in [-0.4, -0.2) is 43.5 Å². The number of unbranched alkanes of at least 4 members (excludes halogenated alkanes) is 1. The number of nitrogens with zero attached hydrogens (tertiary/aromatic N) is 1. The summed E-state index contributed by atoms with van der Waals surface area (Å²) in [6.45, 7) is 5.07. The van der Waals surface area contributed by atoms with Crippen molar-refractivity contribution in [1.29, 1.82) is 0 Å². The summed E-state index contributed by atoms with van der Waals surface area (Å²) in [4.78, 5) is 27.9. The van der Waals surface area contributed by atoms with Crippen molar-refractivity contribution < 1.29 is 19.1 Å². The third-order valence-corrected chi connectivity index (χ3v) is 5.49. The summed E-state index contributed by atoms with van der Waals surface area (Å²) in [5.74, 6) is 1.17. The number of ether oxygens (including phenoxy) is 2. The average molecular weight is 441 g/mol. The smallest absolute Gasteiger partial charge is 0.242 e. The highest BCUT2D eigenvalue weighted by molar-refractivity contribution is 5.87. The molecule has 0 aromatic heterocycles. The van der Waals surface area contributed by atoms with Gasteiger partial charge in [-0.05, 0) is 42.5 Å². The van der Waals surface area contributed by atoms with Crippen LogP contribution in [0.4, 0.5) is 0 Å². The van der Waals surface area contributed by atoms with Crippen molar-refractivity contribution in [2.24, 2.45) is 0 Å². The molecule has 6 nitrogen and oxygen atoms in total. The van der Waals surface area contributed by atoms with Gasteiger partial charge in [-0.15, -0.1) is 0 Å². The van der Waals surface area contributed by atoms with E-state index in [2.05, 4.69) is 12.2 Å². The molecule has 0 aliphatic heterocycles. The molecule has 2 aromatic carbocycles. The maximum Gasteiger partial charge on any atom is 0.242 e. The van der Waals surface area contributed by atoms with Crippen LogP contribution in [0.3, 0.4) is 0 Å². The van der Waals surface area contributed by atoms with Gasteiger partial charge in [-0.2, -0.15) is 0 Å². The van der Waals surface area contributed by atoms with E-state index in [9.17, 15) is 9.59 Å². The van der Waals surface area contributed by atoms with Crippen LogP contribution in [0.2, 0.25) is 0 Å². The molecular weight excluding hydrogens is 404 g/mol. The zero-order valence-electron chi connectivity index (χ0n) is 19.7. The molecule has 0 saturated heterocycles. The first-order valence-corrected chi connectivity index (χ1v) is 11.4. The molecule has 0 saturated carbocycles. The normalized spacial score (nSPS) is 11.5. The molecule has 0 aliphatic rings. The van der Waals surface area contributed by atoms with Crippen LogP contribution in [-0.2, 0) is 22.6 Å². The molecule has 174 valence electrons. The Labute approximate surface area is 191 Å². The maximum absolute atomic E-state index is 13.3. The summed E-state index contributed by atoms with van der Waals surface area (Å²) < 4.78 is 10.7. The summed E-state index contributed by atoms with van der Waals surface area (Å²) in [5.41, 5.74) is 1.99. The van der Waals surface area contributed by atoms with Gasteiger partial charge in [0.15, 0.2) is 11.5 Å². The quantitative estimate of drug-likeness (QED) is 0.470. The minimum absolute atomic E-state index is 0.0406. The van der Waals surface area contributed by atoms with E-state index in [1.54, 1.807) is 19.1 Å². The second-order valence-corrected chi connectivity index (χ2v) is 7.77. The lowest BCUT2D eigenvalue weighted by atomic mass is 10.1. The number of nitrogens with one attached hydrogen (secondary N) is 1. The Morgan fingerprint density at radius 3 is 2.31 bits per heavy atom. The van der Waals surface area contributed by atoms with Gasteiger partial charge in [0.2, 0.25) is 11.8 Å². The Hall–Kier alpha value is -3.02. The SMILES string of the molecule is CCCCNC(=O)C(CC)N(Cc1ccccc1)C(=O)CCc1ccc(OC)c(OC)c1. The number of amides is 2. The lowest BCUT2D eigenvalue weighted by molar-refractivity contribution is -0.141. The third-order valence-electron chi connectivity index (χ3n) is 5.49. The van der Waals surface area contributed by atoms with Crippen molar-refractivity contribution in [2.45, 2.75) is 58.5 Å². The number of rotatable bonds is 13. The van der Waals surface area contributed by atoms with E-state index in [4.69, 9.17) is 9.47 Å². The van der Waals surface area contributed by atoms with Gasteiger partial charge in [0.05, 0.1) is 14.2 Å². The molecule has 0 spiro atoms. The maximum atomic E-state index is 13.3. The summed E-state index contributed by atoms with van der Waals surface area (Å²) in [7, 11) is 3.19. The fourth-order valence-corrected chi connectivity index (χ4v) is 3.64. The zero-order chi connectivity index (χ0) is 23.3. The van der Waals surface area contributed by atoms with Gasteiger partial charge in [0, 0.05) is 19.5 Å². The Morgan fingerprint density at radius 1 is 0.969 bits per heavy atom. The lowest BCUT2D eigenvalue weighted by Crippen LogP contribution is -2.49. The van der Waals surface area contributed by atoms with E-state index in [0.29, 0.717) is 43.9 Å². The van der Waals surface area contributed by atoms with Crippen molar-refractivity contribution in [3.8, 4) is 11.5 Å². The molecule has 0 radical (unpaired) electrons. The second kappa shape index (κ2) is 13.4. The van der Waals surface area contributed by atoms with Gasteiger partial charge in [0.1, 0.15) is 6.04 Å². The minimum atomic E-state index is -0.495. The summed E-state index contributed by atoms with van der Waals surface area (Å²) >= 11 is 0. The molecule has 2 rings (SSSR count). The zero-order valence-corrected chi connectivity index (χ0v) is 19.7. The molecule has 0 aliphatic carbocycles. The van der Waals surface area contributed by atoms with E-state index < -0.39 is 6.04 Å². The first kappa shape index (κ1) is 25.2. The largest absolute Gasteiger partial charge is 0.493 e. The molecular formula is C26H36N2O4. The number of carbonyl (C=O) groups is 2. The van der Waals surface area contributed by atoms with Crippen LogP contribution in [0.1, 0.15) is 50.7 Å². The third kappa shape index (κ3) is 7.29. The Balaban J connectivity index is 2.16. The highest BCUT2D eigenvalue weighted by atomic mass is 16.5. The van der Waals surface area contributed by atoms with Crippen LogP contribution < -0.4 is 14.8 Å². The van der Waals surface area contributed by atoms with Crippen LogP contribution in [0.25, 0.3) is 0 Å². The summed E-state index contributed by atoms with van der Waals surface area (Å²) in [6.07, 6.45) is 3.36. The van der Waals surface area contributed by atoms with Crippen molar-refractivity contribution in [3.05, 3.63) is 59.7 Å². The second-order valence-electron chi connectivity index (χ2n) is 7.77. The first-order chi connectivity index (χ1) is 15.5. The lowest BCUT2D eigenvalue weighted by Gasteiger charge is -2.31. The molecule has 0 fully saturated rings. The van der Waals surface area contributed by atoms with Gasteiger partial charge in [-0.3, -0.25) is 9.59 Å². The minimum Gasteiger partial charge on any atom is -0.493 e. The van der Waals surface area contributed by atoms with Crippen molar-refractivity contribution in [2.75, 3.05) is 20.8 Å². The van der Waals surface area contributed by atoms with Gasteiger partial charge in [-0.1, -0.05) is 56.7 Å². The van der Waals surface area contributed by atoms with Crippen LogP contribution in [0.5, 0.6) is 11.5 Å². The highest BCUT2D eigenvalue weighted by Gasteiger charge is 2.28. The van der Waals surface area contributed by atoms with E-state index >= 15 is 0 Å². The van der Waals surface area contributed by atoms with Crippen molar-refractivity contribution in [3.63, 3.8) is 0 Å². The predicted octanol–water partition coefficient (Wildman–Crippen LogP) is 4.36. The molecule has 0 heterocycles.